The minimum absolute atomic E-state index is 0.264. The van der Waals surface area contributed by atoms with Gasteiger partial charge in [0.1, 0.15) is 12.4 Å². The van der Waals surface area contributed by atoms with Crippen molar-refractivity contribution in [3.8, 4) is 5.75 Å². The van der Waals surface area contributed by atoms with Crippen LogP contribution >= 0.6 is 11.8 Å². The first-order valence-electron chi connectivity index (χ1n) is 8.53. The molecular formula is C22H17NO3S. The number of fused-ring (bicyclic) bond motifs is 1. The molecule has 0 bridgehead atoms. The zero-order chi connectivity index (χ0) is 18.8. The third kappa shape index (κ3) is 3.46. The summed E-state index contributed by atoms with van der Waals surface area (Å²) in [4.78, 5) is 25.4. The van der Waals surface area contributed by atoms with Crippen molar-refractivity contribution in [2.75, 3.05) is 7.05 Å². The minimum Gasteiger partial charge on any atom is -0.488 e. The van der Waals surface area contributed by atoms with Gasteiger partial charge in [-0.25, -0.2) is 0 Å². The Balaban J connectivity index is 1.61. The van der Waals surface area contributed by atoms with Crippen molar-refractivity contribution in [3.05, 3.63) is 82.8 Å². The summed E-state index contributed by atoms with van der Waals surface area (Å²) in [6, 6.07) is 21.9. The van der Waals surface area contributed by atoms with Crippen molar-refractivity contribution in [2.45, 2.75) is 6.61 Å². The molecular weight excluding hydrogens is 358 g/mol. The second-order valence-corrected chi connectivity index (χ2v) is 7.20. The summed E-state index contributed by atoms with van der Waals surface area (Å²) in [6.07, 6.45) is 1.72. The number of thioether (sulfide) groups is 1. The van der Waals surface area contributed by atoms with Crippen molar-refractivity contribution in [1.29, 1.82) is 0 Å². The van der Waals surface area contributed by atoms with Crippen LogP contribution in [0.4, 0.5) is 4.79 Å². The van der Waals surface area contributed by atoms with Crippen LogP contribution in [0.25, 0.3) is 16.8 Å². The van der Waals surface area contributed by atoms with E-state index in [1.54, 1.807) is 6.08 Å². The van der Waals surface area contributed by atoms with Crippen molar-refractivity contribution < 1.29 is 14.3 Å². The molecule has 1 aliphatic heterocycles. The van der Waals surface area contributed by atoms with E-state index in [0.29, 0.717) is 17.3 Å². The molecule has 4 rings (SSSR count). The molecule has 3 aromatic carbocycles. The first-order chi connectivity index (χ1) is 13.1. The Morgan fingerprint density at radius 3 is 2.52 bits per heavy atom. The fourth-order valence-electron chi connectivity index (χ4n) is 2.99. The van der Waals surface area contributed by atoms with Crippen molar-refractivity contribution in [3.63, 3.8) is 0 Å². The van der Waals surface area contributed by atoms with Crippen LogP contribution in [-0.2, 0) is 11.4 Å². The monoisotopic (exact) mass is 375 g/mol. The molecule has 3 aromatic rings. The number of hydrogen-bond donors (Lipinski definition) is 0. The summed E-state index contributed by atoms with van der Waals surface area (Å²) >= 11 is 0.945. The highest BCUT2D eigenvalue weighted by Gasteiger charge is 2.31. The maximum absolute atomic E-state index is 12.1. The summed E-state index contributed by atoms with van der Waals surface area (Å²) < 4.78 is 6.07. The number of para-hydroxylation sites is 1. The molecule has 2 amide bonds. The van der Waals surface area contributed by atoms with Crippen molar-refractivity contribution in [1.82, 2.24) is 4.90 Å². The Labute approximate surface area is 161 Å². The second kappa shape index (κ2) is 7.29. The molecule has 27 heavy (non-hydrogen) atoms. The number of carbonyl (C=O) groups excluding carboxylic acids is 2. The van der Waals surface area contributed by atoms with Gasteiger partial charge in [-0.05, 0) is 40.2 Å². The largest absolute Gasteiger partial charge is 0.488 e. The first-order valence-corrected chi connectivity index (χ1v) is 9.35. The van der Waals surface area contributed by atoms with E-state index in [-0.39, 0.29) is 11.1 Å². The average Bonchev–Trinajstić information content (AvgIpc) is 2.94. The lowest BCUT2D eigenvalue weighted by atomic mass is 10.1. The van der Waals surface area contributed by atoms with E-state index >= 15 is 0 Å². The Morgan fingerprint density at radius 2 is 1.70 bits per heavy atom. The van der Waals surface area contributed by atoms with Gasteiger partial charge in [0.2, 0.25) is 0 Å². The third-order valence-electron chi connectivity index (χ3n) is 4.46. The van der Waals surface area contributed by atoms with Gasteiger partial charge in [0, 0.05) is 12.6 Å². The zero-order valence-electron chi connectivity index (χ0n) is 14.7. The van der Waals surface area contributed by atoms with E-state index in [1.165, 1.54) is 12.4 Å². The minimum atomic E-state index is -0.283. The number of likely N-dealkylation sites (N-methyl/N-ethyl adjacent to an activating group) is 1. The van der Waals surface area contributed by atoms with Crippen LogP contribution in [0.3, 0.4) is 0 Å². The lowest BCUT2D eigenvalue weighted by Crippen LogP contribution is -2.22. The summed E-state index contributed by atoms with van der Waals surface area (Å²) in [7, 11) is 1.49. The maximum Gasteiger partial charge on any atom is 0.293 e. The average molecular weight is 375 g/mol. The third-order valence-corrected chi connectivity index (χ3v) is 5.42. The Hall–Kier alpha value is -3.05. The van der Waals surface area contributed by atoms with Gasteiger partial charge in [0.25, 0.3) is 11.1 Å². The molecule has 0 unspecified atom stereocenters. The van der Waals surface area contributed by atoms with Gasteiger partial charge >= 0.3 is 0 Å². The van der Waals surface area contributed by atoms with Crippen LogP contribution in [-0.4, -0.2) is 23.1 Å². The number of hydrogen-bond acceptors (Lipinski definition) is 4. The fraction of sp³-hybridized carbons (Fsp3) is 0.0909. The normalized spacial score (nSPS) is 15.7. The predicted molar refractivity (Wildman–Crippen MR) is 108 cm³/mol. The number of carbonyl (C=O) groups is 2. The van der Waals surface area contributed by atoms with Crippen molar-refractivity contribution in [2.24, 2.45) is 0 Å². The molecule has 1 heterocycles. The number of amides is 2. The lowest BCUT2D eigenvalue weighted by Gasteiger charge is -2.11. The summed E-state index contributed by atoms with van der Waals surface area (Å²) in [6.45, 7) is 0.418. The van der Waals surface area contributed by atoms with Crippen molar-refractivity contribution >= 4 is 39.8 Å². The lowest BCUT2D eigenvalue weighted by molar-refractivity contribution is -0.121. The summed E-state index contributed by atoms with van der Waals surface area (Å²) in [5, 5.41) is 2.06. The van der Waals surface area contributed by atoms with E-state index in [0.717, 1.165) is 33.2 Å². The van der Waals surface area contributed by atoms with Gasteiger partial charge < -0.3 is 4.74 Å². The second-order valence-electron chi connectivity index (χ2n) is 6.21. The number of imide groups is 1. The van der Waals surface area contributed by atoms with Crippen LogP contribution in [0.15, 0.2) is 71.6 Å². The molecule has 5 heteroatoms. The van der Waals surface area contributed by atoms with E-state index in [4.69, 9.17) is 4.74 Å². The highest BCUT2D eigenvalue weighted by molar-refractivity contribution is 8.18. The number of nitrogens with zero attached hydrogens (tertiary/aromatic N) is 1. The molecule has 134 valence electrons. The highest BCUT2D eigenvalue weighted by atomic mass is 32.2. The van der Waals surface area contributed by atoms with E-state index in [9.17, 15) is 9.59 Å². The Morgan fingerprint density at radius 1 is 0.963 bits per heavy atom. The Kier molecular flexibility index (Phi) is 4.69. The van der Waals surface area contributed by atoms with Gasteiger partial charge in [0.05, 0.1) is 4.91 Å². The summed E-state index contributed by atoms with van der Waals surface area (Å²) in [5.41, 5.74) is 1.87. The number of ether oxygens (including phenoxy) is 1. The molecule has 1 aliphatic rings. The predicted octanol–water partition coefficient (Wildman–Crippen LogP) is 5.08. The van der Waals surface area contributed by atoms with Crippen LogP contribution in [0.2, 0.25) is 0 Å². The highest BCUT2D eigenvalue weighted by Crippen LogP contribution is 2.33. The molecule has 0 aliphatic carbocycles. The Bertz CT molecular complexity index is 1070. The van der Waals surface area contributed by atoms with E-state index in [1.807, 2.05) is 48.5 Å². The molecule has 0 radical (unpaired) electrons. The van der Waals surface area contributed by atoms with Gasteiger partial charge in [-0.2, -0.15) is 0 Å². The first kappa shape index (κ1) is 17.4. The maximum atomic E-state index is 12.1. The standard InChI is InChI=1S/C22H17NO3S/c1-23-21(24)20(27-22(23)25)13-16-8-3-5-12-19(16)26-14-17-10-6-9-15-7-2-4-11-18(15)17/h2-13H,14H2,1H3/b20-13-. The molecule has 0 saturated carbocycles. The van der Waals surface area contributed by atoms with Gasteiger partial charge in [-0.1, -0.05) is 60.7 Å². The van der Waals surface area contributed by atoms with Crippen LogP contribution in [0.1, 0.15) is 11.1 Å². The molecule has 0 N–H and O–H groups in total. The molecule has 0 atom stereocenters. The summed E-state index contributed by atoms with van der Waals surface area (Å²) in [5.74, 6) is 0.391. The fourth-order valence-corrected chi connectivity index (χ4v) is 3.81. The molecule has 4 nitrogen and oxygen atoms in total. The molecule has 1 saturated heterocycles. The smallest absolute Gasteiger partial charge is 0.293 e. The quantitative estimate of drug-likeness (QED) is 0.596. The number of benzene rings is 3. The number of rotatable bonds is 4. The molecule has 0 aromatic heterocycles. The van der Waals surface area contributed by atoms with Crippen LogP contribution < -0.4 is 4.74 Å². The zero-order valence-corrected chi connectivity index (χ0v) is 15.5. The van der Waals surface area contributed by atoms with E-state index < -0.39 is 0 Å². The molecule has 1 fully saturated rings. The topological polar surface area (TPSA) is 46.6 Å². The van der Waals surface area contributed by atoms with E-state index in [2.05, 4.69) is 18.2 Å². The van der Waals surface area contributed by atoms with Gasteiger partial charge in [-0.3, -0.25) is 14.5 Å². The van der Waals surface area contributed by atoms with Crippen LogP contribution in [0.5, 0.6) is 5.75 Å². The van der Waals surface area contributed by atoms with Gasteiger partial charge in [-0.15, -0.1) is 0 Å². The SMILES string of the molecule is CN1C(=O)S/C(=C\c2ccccc2OCc2cccc3ccccc23)C1=O. The van der Waals surface area contributed by atoms with Gasteiger partial charge in [0.15, 0.2) is 0 Å². The van der Waals surface area contributed by atoms with Crippen LogP contribution in [0, 0.1) is 0 Å². The molecule has 0 spiro atoms.